The number of aromatic nitrogens is 1. The van der Waals surface area contributed by atoms with Crippen molar-refractivity contribution in [3.63, 3.8) is 0 Å². The second-order valence-corrected chi connectivity index (χ2v) is 4.29. The number of hydrogen-bond acceptors (Lipinski definition) is 3. The Hall–Kier alpha value is -2.36. The fourth-order valence-electron chi connectivity index (χ4n) is 1.83. The van der Waals surface area contributed by atoms with Crippen molar-refractivity contribution < 1.29 is 4.79 Å². The summed E-state index contributed by atoms with van der Waals surface area (Å²) in [6.45, 7) is 2.07. The molecule has 2 aromatic rings. The molecule has 2 rings (SSSR count). The van der Waals surface area contributed by atoms with Crippen molar-refractivity contribution in [3.05, 3.63) is 48.2 Å². The minimum atomic E-state index is -0.0215. The topological polar surface area (TPSA) is 54.0 Å². The molecule has 98 valence electrons. The number of amides is 1. The fraction of sp³-hybridized carbons (Fsp3) is 0.200. The molecule has 2 N–H and O–H groups in total. The third kappa shape index (κ3) is 3.55. The van der Waals surface area contributed by atoms with Gasteiger partial charge in [-0.2, -0.15) is 0 Å². The molecule has 4 nitrogen and oxygen atoms in total. The predicted octanol–water partition coefficient (Wildman–Crippen LogP) is 2.43. The Morgan fingerprint density at radius 2 is 2.00 bits per heavy atom. The Balaban J connectivity index is 2.24. The maximum atomic E-state index is 10.9. The molecule has 4 heteroatoms. The first-order valence-electron chi connectivity index (χ1n) is 6.16. The van der Waals surface area contributed by atoms with Crippen molar-refractivity contribution >= 4 is 11.7 Å². The lowest BCUT2D eigenvalue weighted by atomic mass is 10.0. The zero-order valence-corrected chi connectivity index (χ0v) is 11.1. The fourth-order valence-corrected chi connectivity index (χ4v) is 1.83. The monoisotopic (exact) mass is 255 g/mol. The summed E-state index contributed by atoms with van der Waals surface area (Å²) >= 11 is 0. The van der Waals surface area contributed by atoms with E-state index in [9.17, 15) is 4.79 Å². The van der Waals surface area contributed by atoms with Crippen LogP contribution in [0.25, 0.3) is 11.1 Å². The molecule has 0 saturated heterocycles. The normalized spacial score (nSPS) is 10.0. The number of carbonyl (C=O) groups is 1. The van der Waals surface area contributed by atoms with Gasteiger partial charge in [0.15, 0.2) is 0 Å². The highest BCUT2D eigenvalue weighted by Gasteiger charge is 2.01. The van der Waals surface area contributed by atoms with Gasteiger partial charge in [-0.1, -0.05) is 18.2 Å². The summed E-state index contributed by atoms with van der Waals surface area (Å²) in [5.74, 6) is 0.816. The first-order chi connectivity index (χ1) is 9.19. The summed E-state index contributed by atoms with van der Waals surface area (Å²) in [5, 5.41) is 5.82. The molecular weight excluding hydrogens is 238 g/mol. The molecule has 0 unspecified atom stereocenters. The van der Waals surface area contributed by atoms with Gasteiger partial charge in [0.2, 0.25) is 5.91 Å². The average Bonchev–Trinajstić information content (AvgIpc) is 2.45. The van der Waals surface area contributed by atoms with E-state index in [2.05, 4.69) is 21.7 Å². The van der Waals surface area contributed by atoms with Gasteiger partial charge in [0.05, 0.1) is 0 Å². The Bertz CT molecular complexity index is 581. The van der Waals surface area contributed by atoms with Crippen molar-refractivity contribution in [1.82, 2.24) is 10.3 Å². The number of nitrogens with zero attached hydrogens (tertiary/aromatic N) is 1. The zero-order chi connectivity index (χ0) is 13.7. The second-order valence-electron chi connectivity index (χ2n) is 4.29. The lowest BCUT2D eigenvalue weighted by Gasteiger charge is -2.07. The van der Waals surface area contributed by atoms with Gasteiger partial charge in [0.25, 0.3) is 0 Å². The number of pyridine rings is 1. The van der Waals surface area contributed by atoms with Gasteiger partial charge >= 0.3 is 0 Å². The predicted molar refractivity (Wildman–Crippen MR) is 76.7 cm³/mol. The molecule has 0 radical (unpaired) electrons. The van der Waals surface area contributed by atoms with Crippen LogP contribution in [0.4, 0.5) is 5.82 Å². The summed E-state index contributed by atoms with van der Waals surface area (Å²) in [5.41, 5.74) is 3.29. The first-order valence-corrected chi connectivity index (χ1v) is 6.16. The number of rotatable bonds is 4. The Morgan fingerprint density at radius 1 is 1.21 bits per heavy atom. The second kappa shape index (κ2) is 6.00. The van der Waals surface area contributed by atoms with Gasteiger partial charge in [-0.15, -0.1) is 0 Å². The molecule has 0 atom stereocenters. The Labute approximate surface area is 112 Å². The van der Waals surface area contributed by atoms with Crippen molar-refractivity contribution in [3.8, 4) is 11.1 Å². The highest BCUT2D eigenvalue weighted by molar-refractivity contribution is 5.73. The standard InChI is InChI=1S/C15H17N3O/c1-11(19)18-10-12-4-3-5-13(8-12)14-6-7-17-15(9-14)16-2/h3-9H,10H2,1-2H3,(H,16,17)(H,18,19). The quantitative estimate of drug-likeness (QED) is 0.882. The van der Waals surface area contributed by atoms with E-state index in [0.29, 0.717) is 6.54 Å². The van der Waals surface area contributed by atoms with Gasteiger partial charge in [-0.25, -0.2) is 4.98 Å². The molecule has 0 fully saturated rings. The highest BCUT2D eigenvalue weighted by Crippen LogP contribution is 2.22. The molecule has 1 aromatic heterocycles. The number of nitrogens with one attached hydrogen (secondary N) is 2. The van der Waals surface area contributed by atoms with E-state index in [1.54, 1.807) is 6.20 Å². The first kappa shape index (κ1) is 13.1. The maximum absolute atomic E-state index is 10.9. The average molecular weight is 255 g/mol. The van der Waals surface area contributed by atoms with E-state index >= 15 is 0 Å². The van der Waals surface area contributed by atoms with E-state index < -0.39 is 0 Å². The van der Waals surface area contributed by atoms with Crippen LogP contribution in [-0.2, 0) is 11.3 Å². The molecule has 0 aliphatic carbocycles. The lowest BCUT2D eigenvalue weighted by Crippen LogP contribution is -2.18. The lowest BCUT2D eigenvalue weighted by molar-refractivity contribution is -0.119. The van der Waals surface area contributed by atoms with Crippen molar-refractivity contribution in [2.45, 2.75) is 13.5 Å². The molecule has 0 aliphatic rings. The largest absolute Gasteiger partial charge is 0.373 e. The summed E-state index contributed by atoms with van der Waals surface area (Å²) in [6.07, 6.45) is 1.78. The summed E-state index contributed by atoms with van der Waals surface area (Å²) in [7, 11) is 1.85. The van der Waals surface area contributed by atoms with Crippen LogP contribution >= 0.6 is 0 Å². The van der Waals surface area contributed by atoms with Crippen LogP contribution in [0.3, 0.4) is 0 Å². The summed E-state index contributed by atoms with van der Waals surface area (Å²) in [4.78, 5) is 15.1. The third-order valence-electron chi connectivity index (χ3n) is 2.82. The number of hydrogen-bond donors (Lipinski definition) is 2. The Morgan fingerprint density at radius 3 is 2.74 bits per heavy atom. The van der Waals surface area contributed by atoms with E-state index in [4.69, 9.17) is 0 Å². The summed E-state index contributed by atoms with van der Waals surface area (Å²) < 4.78 is 0. The Kier molecular flexibility index (Phi) is 4.13. The van der Waals surface area contributed by atoms with Crippen molar-refractivity contribution in [2.75, 3.05) is 12.4 Å². The van der Waals surface area contributed by atoms with Crippen molar-refractivity contribution in [2.24, 2.45) is 0 Å². The molecule has 19 heavy (non-hydrogen) atoms. The molecule has 1 heterocycles. The highest BCUT2D eigenvalue weighted by atomic mass is 16.1. The van der Waals surface area contributed by atoms with E-state index in [0.717, 1.165) is 22.5 Å². The van der Waals surface area contributed by atoms with E-state index in [-0.39, 0.29) is 5.91 Å². The van der Waals surface area contributed by atoms with Crippen LogP contribution in [0.15, 0.2) is 42.6 Å². The smallest absolute Gasteiger partial charge is 0.217 e. The van der Waals surface area contributed by atoms with Crippen molar-refractivity contribution in [1.29, 1.82) is 0 Å². The number of benzene rings is 1. The SMILES string of the molecule is CNc1cc(-c2cccc(CNC(C)=O)c2)ccn1. The van der Waals surface area contributed by atoms with Crippen LogP contribution in [0.2, 0.25) is 0 Å². The van der Waals surface area contributed by atoms with Gasteiger partial charge in [-0.05, 0) is 34.9 Å². The summed E-state index contributed by atoms with van der Waals surface area (Å²) in [6, 6.07) is 12.1. The third-order valence-corrected chi connectivity index (χ3v) is 2.82. The zero-order valence-electron chi connectivity index (χ0n) is 11.1. The van der Waals surface area contributed by atoms with Crippen LogP contribution in [0.5, 0.6) is 0 Å². The molecule has 0 aliphatic heterocycles. The van der Waals surface area contributed by atoms with Gasteiger partial charge < -0.3 is 10.6 Å². The number of anilines is 1. The molecule has 0 spiro atoms. The molecule has 1 aromatic carbocycles. The van der Waals surface area contributed by atoms with Crippen LogP contribution in [0, 0.1) is 0 Å². The molecule has 0 bridgehead atoms. The van der Waals surface area contributed by atoms with Gasteiger partial charge in [-0.3, -0.25) is 4.79 Å². The number of carbonyl (C=O) groups excluding carboxylic acids is 1. The molecular formula is C15H17N3O. The van der Waals surface area contributed by atoms with Gasteiger partial charge in [0.1, 0.15) is 5.82 Å². The molecule has 1 amide bonds. The van der Waals surface area contributed by atoms with E-state index in [1.165, 1.54) is 6.92 Å². The minimum absolute atomic E-state index is 0.0215. The van der Waals surface area contributed by atoms with E-state index in [1.807, 2.05) is 37.4 Å². The molecule has 0 saturated carbocycles. The van der Waals surface area contributed by atoms with Crippen LogP contribution in [-0.4, -0.2) is 17.9 Å². The van der Waals surface area contributed by atoms with Gasteiger partial charge in [0, 0.05) is 26.7 Å². The minimum Gasteiger partial charge on any atom is -0.373 e. The maximum Gasteiger partial charge on any atom is 0.217 e. The van der Waals surface area contributed by atoms with Crippen LogP contribution < -0.4 is 10.6 Å². The van der Waals surface area contributed by atoms with Crippen LogP contribution in [0.1, 0.15) is 12.5 Å².